The summed E-state index contributed by atoms with van der Waals surface area (Å²) >= 11 is 1.24. The number of aryl methyl sites for hydroxylation is 1. The minimum atomic E-state index is -0.521. The molecule has 3 aromatic rings. The Morgan fingerprint density at radius 2 is 2.36 bits per heavy atom. The molecule has 1 fully saturated rings. The molecule has 1 aliphatic rings. The van der Waals surface area contributed by atoms with Gasteiger partial charge in [0.05, 0.1) is 23.4 Å². The predicted molar refractivity (Wildman–Crippen MR) is 106 cm³/mol. The van der Waals surface area contributed by atoms with Gasteiger partial charge in [-0.05, 0) is 31.7 Å². The number of nitrogens with two attached hydrogens (primary N) is 2. The van der Waals surface area contributed by atoms with Crippen molar-refractivity contribution in [3.63, 3.8) is 0 Å². The molecule has 0 bridgehead atoms. The zero-order chi connectivity index (χ0) is 19.7. The van der Waals surface area contributed by atoms with E-state index in [4.69, 9.17) is 20.7 Å². The number of hydrogen-bond donors (Lipinski definition) is 2. The van der Waals surface area contributed by atoms with E-state index < -0.39 is 5.91 Å². The summed E-state index contributed by atoms with van der Waals surface area (Å²) in [5, 5.41) is 4.57. The van der Waals surface area contributed by atoms with Crippen molar-refractivity contribution >= 4 is 38.8 Å². The summed E-state index contributed by atoms with van der Waals surface area (Å²) in [6, 6.07) is 1.95. The molecule has 4 rings (SSSR count). The number of nitrogen functional groups attached to an aromatic ring is 1. The second-order valence-electron chi connectivity index (χ2n) is 6.92. The molecule has 1 amide bonds. The number of fused-ring (bicyclic) bond motifs is 1. The van der Waals surface area contributed by atoms with E-state index in [1.807, 2.05) is 6.07 Å². The van der Waals surface area contributed by atoms with Crippen LogP contribution in [-0.2, 0) is 11.3 Å². The first-order valence-electron chi connectivity index (χ1n) is 9.11. The zero-order valence-electron chi connectivity index (χ0n) is 15.6. The van der Waals surface area contributed by atoms with Crippen molar-refractivity contribution in [1.82, 2.24) is 15.1 Å². The van der Waals surface area contributed by atoms with Crippen LogP contribution in [0.1, 0.15) is 34.2 Å². The highest BCUT2D eigenvalue weighted by Gasteiger charge is 2.25. The van der Waals surface area contributed by atoms with Crippen LogP contribution in [0.2, 0.25) is 0 Å². The number of nitrogens with zero attached hydrogens (tertiary/aromatic N) is 4. The van der Waals surface area contributed by atoms with Crippen LogP contribution in [0.4, 0.5) is 11.4 Å². The van der Waals surface area contributed by atoms with Crippen molar-refractivity contribution in [2.45, 2.75) is 26.4 Å². The lowest BCUT2D eigenvalue weighted by molar-refractivity contribution is 0.0647. The first kappa shape index (κ1) is 18.6. The molecule has 0 saturated carbocycles. The Morgan fingerprint density at radius 3 is 3.11 bits per heavy atom. The van der Waals surface area contributed by atoms with Gasteiger partial charge in [0.1, 0.15) is 16.3 Å². The number of anilines is 2. The molecular formula is C18H22N6O3S. The van der Waals surface area contributed by atoms with Gasteiger partial charge in [-0.15, -0.1) is 11.3 Å². The molecule has 1 aliphatic heterocycles. The first-order chi connectivity index (χ1) is 13.5. The van der Waals surface area contributed by atoms with Crippen LogP contribution < -0.4 is 16.4 Å². The first-order valence-corrected chi connectivity index (χ1v) is 9.93. The number of amides is 1. The summed E-state index contributed by atoms with van der Waals surface area (Å²) in [6.45, 7) is 4.46. The Labute approximate surface area is 165 Å². The number of carbonyl (C=O) groups is 1. The molecule has 0 radical (unpaired) electrons. The van der Waals surface area contributed by atoms with Crippen LogP contribution in [-0.4, -0.2) is 40.7 Å². The van der Waals surface area contributed by atoms with Crippen molar-refractivity contribution in [1.29, 1.82) is 0 Å². The highest BCUT2D eigenvalue weighted by Crippen LogP contribution is 2.39. The number of pyridine rings is 1. The molecule has 9 nitrogen and oxygen atoms in total. The number of piperidine rings is 1. The van der Waals surface area contributed by atoms with E-state index in [1.165, 1.54) is 11.3 Å². The van der Waals surface area contributed by atoms with Gasteiger partial charge in [0.15, 0.2) is 5.82 Å². The van der Waals surface area contributed by atoms with Gasteiger partial charge in [-0.1, -0.05) is 5.16 Å². The predicted octanol–water partition coefficient (Wildman–Crippen LogP) is 2.10. The fraction of sp³-hybridized carbons (Fsp3) is 0.444. The number of primary amides is 1. The quantitative estimate of drug-likeness (QED) is 0.640. The molecule has 0 spiro atoms. The van der Waals surface area contributed by atoms with Gasteiger partial charge in [0, 0.05) is 19.3 Å². The second-order valence-corrected chi connectivity index (χ2v) is 7.92. The van der Waals surface area contributed by atoms with E-state index in [0.29, 0.717) is 41.4 Å². The molecule has 10 heteroatoms. The molecule has 1 saturated heterocycles. The van der Waals surface area contributed by atoms with Gasteiger partial charge < -0.3 is 25.6 Å². The fourth-order valence-corrected chi connectivity index (χ4v) is 4.54. The monoisotopic (exact) mass is 402 g/mol. The fourth-order valence-electron chi connectivity index (χ4n) is 3.61. The second kappa shape index (κ2) is 7.72. The maximum atomic E-state index is 11.6. The summed E-state index contributed by atoms with van der Waals surface area (Å²) < 4.78 is 10.9. The lowest BCUT2D eigenvalue weighted by Gasteiger charge is -2.34. The van der Waals surface area contributed by atoms with Crippen LogP contribution in [0.5, 0.6) is 0 Å². The Morgan fingerprint density at radius 1 is 1.50 bits per heavy atom. The van der Waals surface area contributed by atoms with E-state index in [-0.39, 0.29) is 0 Å². The van der Waals surface area contributed by atoms with Crippen LogP contribution in [0, 0.1) is 12.8 Å². The van der Waals surface area contributed by atoms with Gasteiger partial charge in [-0.2, -0.15) is 4.98 Å². The van der Waals surface area contributed by atoms with Gasteiger partial charge >= 0.3 is 0 Å². The Hall–Kier alpha value is -2.72. The molecule has 4 heterocycles. The third-order valence-electron chi connectivity index (χ3n) is 4.84. The number of carbonyl (C=O) groups excluding carboxylic acids is 1. The molecule has 0 unspecified atom stereocenters. The minimum Gasteiger partial charge on any atom is -0.397 e. The van der Waals surface area contributed by atoms with E-state index in [0.717, 1.165) is 41.8 Å². The largest absolute Gasteiger partial charge is 0.397 e. The average molecular weight is 402 g/mol. The average Bonchev–Trinajstić information content (AvgIpc) is 3.25. The maximum Gasteiger partial charge on any atom is 0.260 e. The van der Waals surface area contributed by atoms with Crippen molar-refractivity contribution < 1.29 is 14.1 Å². The highest BCUT2D eigenvalue weighted by molar-refractivity contribution is 7.21. The topological polar surface area (TPSA) is 133 Å². The van der Waals surface area contributed by atoms with Crippen LogP contribution in [0.3, 0.4) is 0 Å². The smallest absolute Gasteiger partial charge is 0.260 e. The van der Waals surface area contributed by atoms with Crippen LogP contribution >= 0.6 is 11.3 Å². The maximum absolute atomic E-state index is 11.6. The Balaban J connectivity index is 1.47. The lowest BCUT2D eigenvalue weighted by atomic mass is 9.98. The van der Waals surface area contributed by atoms with Crippen LogP contribution in [0.25, 0.3) is 10.2 Å². The Bertz CT molecular complexity index is 1000. The molecule has 3 aromatic heterocycles. The Kier molecular flexibility index (Phi) is 5.14. The molecule has 28 heavy (non-hydrogen) atoms. The number of hydrogen-bond acceptors (Lipinski definition) is 9. The standard InChI is InChI=1S/C18H22N6O3S/c1-10-22-13(27-23-10)9-26-8-11-3-2-6-24(7-11)12-4-5-21-18-14(12)15(19)16(28-18)17(20)25/h4-5,11H,2-3,6-9,19H2,1H3,(H2,20,25)/t11-/m0/s1. The van der Waals surface area contributed by atoms with E-state index in [1.54, 1.807) is 13.1 Å². The number of ether oxygens (including phenoxy) is 1. The zero-order valence-corrected chi connectivity index (χ0v) is 16.4. The van der Waals surface area contributed by atoms with Crippen molar-refractivity contribution in [2.24, 2.45) is 11.7 Å². The summed E-state index contributed by atoms with van der Waals surface area (Å²) in [5.74, 6) is 0.947. The van der Waals surface area contributed by atoms with Gasteiger partial charge in [0.25, 0.3) is 11.8 Å². The molecule has 0 aromatic carbocycles. The summed E-state index contributed by atoms with van der Waals surface area (Å²) in [4.78, 5) is 23.5. The summed E-state index contributed by atoms with van der Waals surface area (Å²) in [7, 11) is 0. The normalized spacial score (nSPS) is 17.3. The SMILES string of the molecule is Cc1noc(COC[C@H]2CCCN(c3ccnc4sc(C(N)=O)c(N)c34)C2)n1. The van der Waals surface area contributed by atoms with Gasteiger partial charge in [-0.25, -0.2) is 4.98 Å². The highest BCUT2D eigenvalue weighted by atomic mass is 32.1. The molecule has 1 atom stereocenters. The van der Waals surface area contributed by atoms with E-state index in [2.05, 4.69) is 20.0 Å². The van der Waals surface area contributed by atoms with Crippen molar-refractivity contribution in [3.05, 3.63) is 28.9 Å². The number of aromatic nitrogens is 3. The van der Waals surface area contributed by atoms with Crippen molar-refractivity contribution in [3.8, 4) is 0 Å². The van der Waals surface area contributed by atoms with Gasteiger partial charge in [0.2, 0.25) is 0 Å². The summed E-state index contributed by atoms with van der Waals surface area (Å²) in [5.41, 5.74) is 13.1. The number of thiophene rings is 1. The van der Waals surface area contributed by atoms with E-state index >= 15 is 0 Å². The molecular weight excluding hydrogens is 380 g/mol. The van der Waals surface area contributed by atoms with E-state index in [9.17, 15) is 4.79 Å². The lowest BCUT2D eigenvalue weighted by Crippen LogP contribution is -2.37. The number of rotatable bonds is 6. The third kappa shape index (κ3) is 3.65. The van der Waals surface area contributed by atoms with Gasteiger partial charge in [-0.3, -0.25) is 4.79 Å². The van der Waals surface area contributed by atoms with Crippen molar-refractivity contribution in [2.75, 3.05) is 30.3 Å². The molecule has 148 valence electrons. The van der Waals surface area contributed by atoms with Crippen LogP contribution in [0.15, 0.2) is 16.8 Å². The third-order valence-corrected chi connectivity index (χ3v) is 5.97. The minimum absolute atomic E-state index is 0.316. The summed E-state index contributed by atoms with van der Waals surface area (Å²) in [6.07, 6.45) is 3.87. The molecule has 0 aliphatic carbocycles. The molecule has 4 N–H and O–H groups in total.